The van der Waals surface area contributed by atoms with E-state index >= 15 is 0 Å². The number of halogens is 1. The molecule has 0 atom stereocenters. The van der Waals surface area contributed by atoms with Crippen molar-refractivity contribution in [2.75, 3.05) is 13.2 Å². The highest BCUT2D eigenvalue weighted by atomic mass is 19.1. The second kappa shape index (κ2) is 9.12. The van der Waals surface area contributed by atoms with Gasteiger partial charge in [-0.3, -0.25) is 9.59 Å². The molecular formula is C24H26FN3O3. The summed E-state index contributed by atoms with van der Waals surface area (Å²) in [5.74, 6) is 0.0260. The molecule has 1 N–H and O–H groups in total. The number of carbonyl (C=O) groups excluding carboxylic acids is 1. The van der Waals surface area contributed by atoms with Gasteiger partial charge < -0.3 is 10.1 Å². The summed E-state index contributed by atoms with van der Waals surface area (Å²) in [5.41, 5.74) is 1.69. The molecule has 0 spiro atoms. The number of nitrogens with zero attached hydrogens (tertiary/aromatic N) is 2. The van der Waals surface area contributed by atoms with Crippen molar-refractivity contribution in [3.05, 3.63) is 81.9 Å². The van der Waals surface area contributed by atoms with Gasteiger partial charge in [0, 0.05) is 11.6 Å². The summed E-state index contributed by atoms with van der Waals surface area (Å²) >= 11 is 0. The first-order valence-electron chi connectivity index (χ1n) is 10.0. The van der Waals surface area contributed by atoms with Crippen molar-refractivity contribution < 1.29 is 13.9 Å². The third-order valence-corrected chi connectivity index (χ3v) is 4.88. The van der Waals surface area contributed by atoms with Crippen molar-refractivity contribution in [2.45, 2.75) is 33.2 Å². The lowest BCUT2D eigenvalue weighted by atomic mass is 10.0. The Morgan fingerprint density at radius 3 is 2.35 bits per heavy atom. The maximum Gasteiger partial charge on any atom is 0.267 e. The molecule has 0 saturated heterocycles. The molecule has 2 aromatic carbocycles. The molecule has 1 amide bonds. The molecule has 0 radical (unpaired) electrons. The second-order valence-corrected chi connectivity index (χ2v) is 7.96. The fraction of sp³-hybridized carbons (Fsp3) is 0.292. The van der Waals surface area contributed by atoms with E-state index in [0.717, 1.165) is 21.6 Å². The lowest BCUT2D eigenvalue weighted by molar-refractivity contribution is -0.129. The van der Waals surface area contributed by atoms with E-state index in [2.05, 4.69) is 16.5 Å². The van der Waals surface area contributed by atoms with Gasteiger partial charge in [0.05, 0.1) is 12.2 Å². The Morgan fingerprint density at radius 2 is 1.71 bits per heavy atom. The Bertz CT molecular complexity index is 1120. The molecule has 0 aliphatic carbocycles. The van der Waals surface area contributed by atoms with E-state index in [1.807, 2.05) is 26.0 Å². The van der Waals surface area contributed by atoms with Crippen LogP contribution in [0.1, 0.15) is 25.0 Å². The molecule has 0 unspecified atom stereocenters. The van der Waals surface area contributed by atoms with Gasteiger partial charge in [-0.05, 0) is 81.3 Å². The van der Waals surface area contributed by atoms with Gasteiger partial charge in [0.2, 0.25) is 5.91 Å². The fourth-order valence-electron chi connectivity index (χ4n) is 3.25. The number of hydrogen-bond acceptors (Lipinski definition) is 4. The summed E-state index contributed by atoms with van der Waals surface area (Å²) in [4.78, 5) is 25.2. The number of amides is 1. The predicted octanol–water partition coefficient (Wildman–Crippen LogP) is 3.60. The quantitative estimate of drug-likeness (QED) is 0.590. The lowest BCUT2D eigenvalue weighted by Crippen LogP contribution is -2.50. The van der Waals surface area contributed by atoms with E-state index in [1.54, 1.807) is 32.0 Å². The highest BCUT2D eigenvalue weighted by molar-refractivity contribution is 5.83. The largest absolute Gasteiger partial charge is 0.492 e. The van der Waals surface area contributed by atoms with Crippen molar-refractivity contribution >= 4 is 5.91 Å². The molecule has 31 heavy (non-hydrogen) atoms. The van der Waals surface area contributed by atoms with Gasteiger partial charge in [-0.2, -0.15) is 5.10 Å². The van der Waals surface area contributed by atoms with Crippen LogP contribution in [0.4, 0.5) is 4.39 Å². The Balaban J connectivity index is 1.68. The van der Waals surface area contributed by atoms with Crippen LogP contribution in [0.25, 0.3) is 11.3 Å². The molecule has 7 heteroatoms. The van der Waals surface area contributed by atoms with Crippen LogP contribution in [0.5, 0.6) is 5.75 Å². The van der Waals surface area contributed by atoms with Crippen LogP contribution in [-0.4, -0.2) is 28.8 Å². The third-order valence-electron chi connectivity index (χ3n) is 4.88. The number of rotatable bonds is 7. The topological polar surface area (TPSA) is 73.2 Å². The summed E-state index contributed by atoms with van der Waals surface area (Å²) in [7, 11) is 0. The lowest BCUT2D eigenvalue weighted by Gasteiger charge is -2.25. The van der Waals surface area contributed by atoms with Crippen molar-refractivity contribution in [1.29, 1.82) is 0 Å². The zero-order chi connectivity index (χ0) is 22.6. The first-order chi connectivity index (χ1) is 14.7. The minimum atomic E-state index is -1.23. The number of nitrogens with one attached hydrogen (secondary N) is 1. The average molecular weight is 423 g/mol. The van der Waals surface area contributed by atoms with Gasteiger partial charge in [-0.1, -0.05) is 6.07 Å². The summed E-state index contributed by atoms with van der Waals surface area (Å²) in [5, 5.41) is 7.15. The number of aryl methyl sites for hydroxylation is 2. The van der Waals surface area contributed by atoms with Gasteiger partial charge >= 0.3 is 0 Å². The number of aromatic nitrogens is 2. The Labute approximate surface area is 180 Å². The highest BCUT2D eigenvalue weighted by Crippen LogP contribution is 2.19. The predicted molar refractivity (Wildman–Crippen MR) is 118 cm³/mol. The number of hydrogen-bond donors (Lipinski definition) is 1. The minimum absolute atomic E-state index is 0.279. The molecule has 3 aromatic rings. The van der Waals surface area contributed by atoms with Crippen LogP contribution in [0.15, 0.2) is 59.4 Å². The van der Waals surface area contributed by atoms with Crippen LogP contribution in [0, 0.1) is 19.7 Å². The van der Waals surface area contributed by atoms with Gasteiger partial charge in [0.25, 0.3) is 5.56 Å². The summed E-state index contributed by atoms with van der Waals surface area (Å²) in [6.45, 7) is 7.81. The molecule has 3 rings (SSSR count). The van der Waals surface area contributed by atoms with Gasteiger partial charge in [-0.25, -0.2) is 9.07 Å². The van der Waals surface area contributed by atoms with Gasteiger partial charge in [0.15, 0.2) is 0 Å². The third kappa shape index (κ3) is 5.36. The number of ether oxygens (including phenoxy) is 1. The van der Waals surface area contributed by atoms with Crippen molar-refractivity contribution in [3.63, 3.8) is 0 Å². The first kappa shape index (κ1) is 22.2. The SMILES string of the molecule is Cc1cc(C)cc(OCCNC(=O)C(C)(C)n2nc(-c3ccc(F)cc3)ccc2=O)c1. The summed E-state index contributed by atoms with van der Waals surface area (Å²) in [6.07, 6.45) is 0. The van der Waals surface area contributed by atoms with Crippen LogP contribution in [0.3, 0.4) is 0 Å². The van der Waals surface area contributed by atoms with Crippen LogP contribution in [0.2, 0.25) is 0 Å². The maximum absolute atomic E-state index is 13.2. The highest BCUT2D eigenvalue weighted by Gasteiger charge is 2.32. The zero-order valence-corrected chi connectivity index (χ0v) is 18.1. The van der Waals surface area contributed by atoms with Crippen molar-refractivity contribution in [1.82, 2.24) is 15.1 Å². The molecule has 0 fully saturated rings. The van der Waals surface area contributed by atoms with Crippen molar-refractivity contribution in [3.8, 4) is 17.0 Å². The number of carbonyl (C=O) groups is 1. The Morgan fingerprint density at radius 1 is 1.06 bits per heavy atom. The summed E-state index contributed by atoms with van der Waals surface area (Å²) in [6, 6.07) is 14.6. The van der Waals surface area contributed by atoms with Crippen molar-refractivity contribution in [2.24, 2.45) is 0 Å². The second-order valence-electron chi connectivity index (χ2n) is 7.96. The molecule has 1 aromatic heterocycles. The van der Waals surface area contributed by atoms with E-state index in [-0.39, 0.29) is 18.3 Å². The average Bonchev–Trinajstić information content (AvgIpc) is 2.71. The van der Waals surface area contributed by atoms with Crippen LogP contribution in [-0.2, 0) is 10.3 Å². The smallest absolute Gasteiger partial charge is 0.267 e. The van der Waals surface area contributed by atoms with Crippen LogP contribution < -0.4 is 15.6 Å². The van der Waals surface area contributed by atoms with E-state index in [1.165, 1.54) is 18.2 Å². The zero-order valence-electron chi connectivity index (χ0n) is 18.1. The van der Waals surface area contributed by atoms with Gasteiger partial charge in [0.1, 0.15) is 23.7 Å². The Hall–Kier alpha value is -3.48. The minimum Gasteiger partial charge on any atom is -0.492 e. The maximum atomic E-state index is 13.2. The normalized spacial score (nSPS) is 11.3. The number of benzene rings is 2. The Kier molecular flexibility index (Phi) is 6.53. The molecule has 0 bridgehead atoms. The molecule has 0 saturated carbocycles. The molecule has 1 heterocycles. The van der Waals surface area contributed by atoms with E-state index in [0.29, 0.717) is 17.9 Å². The van der Waals surface area contributed by atoms with Crippen LogP contribution >= 0.6 is 0 Å². The molecular weight excluding hydrogens is 397 g/mol. The first-order valence-corrected chi connectivity index (χ1v) is 10.0. The molecule has 0 aliphatic rings. The summed E-state index contributed by atoms with van der Waals surface area (Å²) < 4.78 is 20.1. The standard InChI is InChI=1S/C24H26FN3O3/c1-16-13-17(2)15-20(14-16)31-12-11-26-23(30)24(3,4)28-22(29)10-9-21(27-28)18-5-7-19(25)8-6-18/h5-10,13-15H,11-12H2,1-4H3,(H,26,30). The molecule has 162 valence electrons. The molecule has 6 nitrogen and oxygen atoms in total. The van der Waals surface area contributed by atoms with E-state index < -0.39 is 11.1 Å². The molecule has 0 aliphatic heterocycles. The van der Waals surface area contributed by atoms with E-state index in [4.69, 9.17) is 4.74 Å². The monoisotopic (exact) mass is 423 g/mol. The van der Waals surface area contributed by atoms with E-state index in [9.17, 15) is 14.0 Å². The fourth-order valence-corrected chi connectivity index (χ4v) is 3.25. The van der Waals surface area contributed by atoms with Gasteiger partial charge in [-0.15, -0.1) is 0 Å².